The van der Waals surface area contributed by atoms with Gasteiger partial charge in [-0.2, -0.15) is 0 Å². The zero-order valence-corrected chi connectivity index (χ0v) is 11.3. The average molecular weight is 235 g/mol. The van der Waals surface area contributed by atoms with Crippen molar-refractivity contribution in [3.05, 3.63) is 35.9 Å². The van der Waals surface area contributed by atoms with Gasteiger partial charge in [0, 0.05) is 6.61 Å². The van der Waals surface area contributed by atoms with Crippen LogP contribution in [0.5, 0.6) is 0 Å². The van der Waals surface area contributed by atoms with E-state index in [1.807, 2.05) is 13.1 Å². The van der Waals surface area contributed by atoms with Crippen molar-refractivity contribution in [3.63, 3.8) is 0 Å². The Hall–Kier alpha value is -0.860. The van der Waals surface area contributed by atoms with Gasteiger partial charge < -0.3 is 10.1 Å². The predicted molar refractivity (Wildman–Crippen MR) is 73.0 cm³/mol. The highest BCUT2D eigenvalue weighted by Crippen LogP contribution is 2.24. The summed E-state index contributed by atoms with van der Waals surface area (Å²) >= 11 is 0. The van der Waals surface area contributed by atoms with Gasteiger partial charge in [0.1, 0.15) is 0 Å². The summed E-state index contributed by atoms with van der Waals surface area (Å²) in [5, 5.41) is 3.20. The van der Waals surface area contributed by atoms with E-state index in [1.165, 1.54) is 12.0 Å². The summed E-state index contributed by atoms with van der Waals surface area (Å²) in [6.45, 7) is 7.24. The lowest BCUT2D eigenvalue weighted by atomic mass is 9.86. The van der Waals surface area contributed by atoms with Gasteiger partial charge >= 0.3 is 0 Å². The van der Waals surface area contributed by atoms with Crippen LogP contribution in [-0.4, -0.2) is 20.2 Å². The molecule has 17 heavy (non-hydrogen) atoms. The highest BCUT2D eigenvalue weighted by Gasteiger charge is 2.16. The molecule has 0 heterocycles. The Morgan fingerprint density at radius 2 is 1.82 bits per heavy atom. The van der Waals surface area contributed by atoms with E-state index in [0.29, 0.717) is 5.41 Å². The van der Waals surface area contributed by atoms with Crippen molar-refractivity contribution in [1.82, 2.24) is 5.32 Å². The van der Waals surface area contributed by atoms with Crippen LogP contribution in [-0.2, 0) is 11.3 Å². The molecule has 0 saturated heterocycles. The SMILES string of the molecule is CNCCC(C)(C)CCOCc1ccccc1. The second-order valence-corrected chi connectivity index (χ2v) is 5.31. The molecule has 0 unspecified atom stereocenters. The van der Waals surface area contributed by atoms with E-state index < -0.39 is 0 Å². The van der Waals surface area contributed by atoms with E-state index in [9.17, 15) is 0 Å². The molecular formula is C15H25NO. The molecule has 2 heteroatoms. The molecule has 0 aliphatic rings. The number of ether oxygens (including phenoxy) is 1. The summed E-state index contributed by atoms with van der Waals surface area (Å²) in [6.07, 6.45) is 2.31. The van der Waals surface area contributed by atoms with Crippen molar-refractivity contribution in [2.75, 3.05) is 20.2 Å². The smallest absolute Gasteiger partial charge is 0.0716 e. The largest absolute Gasteiger partial charge is 0.377 e. The van der Waals surface area contributed by atoms with E-state index in [-0.39, 0.29) is 0 Å². The van der Waals surface area contributed by atoms with Crippen LogP contribution in [0.4, 0.5) is 0 Å². The van der Waals surface area contributed by atoms with Crippen LogP contribution in [0.1, 0.15) is 32.3 Å². The number of rotatable bonds is 8. The summed E-state index contributed by atoms with van der Waals surface area (Å²) in [6, 6.07) is 10.3. The maximum atomic E-state index is 5.72. The second kappa shape index (κ2) is 7.46. The number of benzene rings is 1. The van der Waals surface area contributed by atoms with Crippen molar-refractivity contribution in [3.8, 4) is 0 Å². The molecule has 1 rings (SSSR count). The molecule has 0 bridgehead atoms. The fraction of sp³-hybridized carbons (Fsp3) is 0.600. The highest BCUT2D eigenvalue weighted by atomic mass is 16.5. The molecule has 0 aliphatic carbocycles. The Morgan fingerprint density at radius 1 is 1.12 bits per heavy atom. The van der Waals surface area contributed by atoms with Crippen LogP contribution in [0, 0.1) is 5.41 Å². The van der Waals surface area contributed by atoms with Gasteiger partial charge in [-0.05, 0) is 37.4 Å². The van der Waals surface area contributed by atoms with Crippen molar-refractivity contribution in [2.24, 2.45) is 5.41 Å². The van der Waals surface area contributed by atoms with Gasteiger partial charge in [-0.1, -0.05) is 44.2 Å². The topological polar surface area (TPSA) is 21.3 Å². The quantitative estimate of drug-likeness (QED) is 0.698. The van der Waals surface area contributed by atoms with Crippen LogP contribution in [0.2, 0.25) is 0 Å². The molecule has 0 fully saturated rings. The normalized spacial score (nSPS) is 11.7. The molecule has 96 valence electrons. The summed E-state index contributed by atoms with van der Waals surface area (Å²) in [4.78, 5) is 0. The van der Waals surface area contributed by atoms with Crippen LogP contribution in [0.3, 0.4) is 0 Å². The van der Waals surface area contributed by atoms with Gasteiger partial charge in [0.05, 0.1) is 6.61 Å². The van der Waals surface area contributed by atoms with Crippen molar-refractivity contribution in [2.45, 2.75) is 33.3 Å². The molecule has 0 atom stereocenters. The molecular weight excluding hydrogens is 210 g/mol. The second-order valence-electron chi connectivity index (χ2n) is 5.31. The molecule has 1 aromatic rings. The monoisotopic (exact) mass is 235 g/mol. The van der Waals surface area contributed by atoms with Crippen LogP contribution < -0.4 is 5.32 Å². The zero-order valence-electron chi connectivity index (χ0n) is 11.3. The van der Waals surface area contributed by atoms with E-state index in [0.717, 1.165) is 26.2 Å². The lowest BCUT2D eigenvalue weighted by Gasteiger charge is -2.24. The number of nitrogens with one attached hydrogen (secondary N) is 1. The lowest BCUT2D eigenvalue weighted by molar-refractivity contribution is 0.0899. The lowest BCUT2D eigenvalue weighted by Crippen LogP contribution is -2.21. The van der Waals surface area contributed by atoms with Crippen LogP contribution in [0.15, 0.2) is 30.3 Å². The maximum absolute atomic E-state index is 5.72. The van der Waals surface area contributed by atoms with Gasteiger partial charge in [-0.3, -0.25) is 0 Å². The predicted octanol–water partition coefficient (Wildman–Crippen LogP) is 3.23. The van der Waals surface area contributed by atoms with Gasteiger partial charge in [-0.25, -0.2) is 0 Å². The summed E-state index contributed by atoms with van der Waals surface area (Å²) in [7, 11) is 2.00. The molecule has 1 aromatic carbocycles. The summed E-state index contributed by atoms with van der Waals surface area (Å²) in [5.41, 5.74) is 1.61. The van der Waals surface area contributed by atoms with E-state index in [4.69, 9.17) is 4.74 Å². The molecule has 0 aliphatic heterocycles. The van der Waals surface area contributed by atoms with Gasteiger partial charge in [0.15, 0.2) is 0 Å². The summed E-state index contributed by atoms with van der Waals surface area (Å²) in [5.74, 6) is 0. The first-order chi connectivity index (χ1) is 8.14. The van der Waals surface area contributed by atoms with Gasteiger partial charge in [0.2, 0.25) is 0 Å². The zero-order chi connectivity index (χ0) is 12.6. The molecule has 0 aromatic heterocycles. The Morgan fingerprint density at radius 3 is 2.47 bits per heavy atom. The molecule has 0 spiro atoms. The van der Waals surface area contributed by atoms with E-state index in [2.05, 4.69) is 43.4 Å². The highest BCUT2D eigenvalue weighted by molar-refractivity contribution is 5.13. The average Bonchev–Trinajstić information content (AvgIpc) is 2.34. The first-order valence-corrected chi connectivity index (χ1v) is 6.40. The minimum Gasteiger partial charge on any atom is -0.377 e. The molecule has 2 nitrogen and oxygen atoms in total. The standard InChI is InChI=1S/C15H25NO/c1-15(2,9-11-16-3)10-12-17-13-14-7-5-4-6-8-14/h4-8,16H,9-13H2,1-3H3. The minimum absolute atomic E-state index is 0.361. The van der Waals surface area contributed by atoms with Gasteiger partial charge in [0.25, 0.3) is 0 Å². The molecule has 0 radical (unpaired) electrons. The van der Waals surface area contributed by atoms with E-state index in [1.54, 1.807) is 0 Å². The van der Waals surface area contributed by atoms with Crippen molar-refractivity contribution < 1.29 is 4.74 Å². The Balaban J connectivity index is 2.15. The first kappa shape index (κ1) is 14.2. The first-order valence-electron chi connectivity index (χ1n) is 6.40. The molecule has 0 amide bonds. The maximum Gasteiger partial charge on any atom is 0.0716 e. The number of hydrogen-bond acceptors (Lipinski definition) is 2. The molecule has 1 N–H and O–H groups in total. The minimum atomic E-state index is 0.361. The fourth-order valence-electron chi connectivity index (χ4n) is 1.70. The summed E-state index contributed by atoms with van der Waals surface area (Å²) < 4.78 is 5.72. The third-order valence-electron chi connectivity index (χ3n) is 3.09. The number of hydrogen-bond donors (Lipinski definition) is 1. The Labute approximate surface area is 105 Å². The Kier molecular flexibility index (Phi) is 6.23. The molecule has 0 saturated carbocycles. The fourth-order valence-corrected chi connectivity index (χ4v) is 1.70. The van der Waals surface area contributed by atoms with Crippen LogP contribution >= 0.6 is 0 Å². The third-order valence-corrected chi connectivity index (χ3v) is 3.09. The van der Waals surface area contributed by atoms with Crippen molar-refractivity contribution >= 4 is 0 Å². The Bertz CT molecular complexity index is 295. The van der Waals surface area contributed by atoms with E-state index >= 15 is 0 Å². The van der Waals surface area contributed by atoms with Crippen molar-refractivity contribution in [1.29, 1.82) is 0 Å². The third kappa shape index (κ3) is 6.44. The van der Waals surface area contributed by atoms with Crippen LogP contribution in [0.25, 0.3) is 0 Å². The van der Waals surface area contributed by atoms with Gasteiger partial charge in [-0.15, -0.1) is 0 Å².